The minimum absolute atomic E-state index is 0.158. The van der Waals surface area contributed by atoms with Gasteiger partial charge in [0.1, 0.15) is 0 Å². The normalized spacial score (nSPS) is 11.0. The summed E-state index contributed by atoms with van der Waals surface area (Å²) in [6.07, 6.45) is 3.36. The molecule has 0 aliphatic rings. The zero-order valence-corrected chi connectivity index (χ0v) is 12.8. The van der Waals surface area contributed by atoms with E-state index in [1.165, 1.54) is 6.33 Å². The summed E-state index contributed by atoms with van der Waals surface area (Å²) in [6.45, 7) is 0. The topological polar surface area (TPSA) is 50.7 Å². The molecule has 4 aromatic rings. The molecule has 2 heterocycles. The first-order valence-corrected chi connectivity index (χ1v) is 7.52. The maximum Gasteiger partial charge on any atom is 0.260 e. The maximum absolute atomic E-state index is 12.3. The number of nitrogens with one attached hydrogen (secondary N) is 1. The van der Waals surface area contributed by atoms with Crippen molar-refractivity contribution in [2.45, 2.75) is 0 Å². The molecular weight excluding hydrogens is 310 g/mol. The molecule has 0 unspecified atom stereocenters. The Balaban J connectivity index is 2.06. The van der Waals surface area contributed by atoms with Gasteiger partial charge in [-0.05, 0) is 29.8 Å². The van der Waals surface area contributed by atoms with Crippen LogP contribution in [0.15, 0.2) is 71.9 Å². The maximum atomic E-state index is 12.3. The number of benzene rings is 2. The second-order valence-corrected chi connectivity index (χ2v) is 5.62. The number of para-hydroxylation sites is 1. The number of rotatable bonds is 2. The van der Waals surface area contributed by atoms with Gasteiger partial charge in [-0.1, -0.05) is 41.9 Å². The van der Waals surface area contributed by atoms with Crippen molar-refractivity contribution in [2.24, 2.45) is 0 Å². The van der Waals surface area contributed by atoms with Crippen LogP contribution >= 0.6 is 11.6 Å². The van der Waals surface area contributed by atoms with E-state index in [4.69, 9.17) is 11.6 Å². The van der Waals surface area contributed by atoms with Crippen LogP contribution in [-0.2, 0) is 0 Å². The lowest BCUT2D eigenvalue weighted by Gasteiger charge is -2.03. The van der Waals surface area contributed by atoms with Crippen LogP contribution in [0.1, 0.15) is 0 Å². The van der Waals surface area contributed by atoms with E-state index in [1.807, 2.05) is 65.4 Å². The highest BCUT2D eigenvalue weighted by Crippen LogP contribution is 2.30. The fourth-order valence-corrected chi connectivity index (χ4v) is 2.83. The molecule has 4 nitrogen and oxygen atoms in total. The molecule has 0 saturated heterocycles. The van der Waals surface area contributed by atoms with Crippen molar-refractivity contribution in [3.05, 3.63) is 82.5 Å². The third-order valence-corrected chi connectivity index (χ3v) is 4.03. The first kappa shape index (κ1) is 13.8. The van der Waals surface area contributed by atoms with E-state index >= 15 is 0 Å². The molecule has 0 aliphatic carbocycles. The molecule has 0 bridgehead atoms. The summed E-state index contributed by atoms with van der Waals surface area (Å²) in [5, 5.41) is 1.23. The standard InChI is InChI=1S/C18H12ClN3O/c19-13-8-6-12(7-9-13)15-10-22(14-4-2-1-3-5-14)17-16(15)18(23)21-11-20-17/h1-11H,(H,20,21,23). The summed E-state index contributed by atoms with van der Waals surface area (Å²) in [5.74, 6) is 0. The first-order chi connectivity index (χ1) is 11.2. The fraction of sp³-hybridized carbons (Fsp3) is 0. The highest BCUT2D eigenvalue weighted by Gasteiger charge is 2.15. The van der Waals surface area contributed by atoms with Gasteiger partial charge in [0.15, 0.2) is 5.65 Å². The Hall–Kier alpha value is -2.85. The number of aromatic amines is 1. The number of nitrogens with zero attached hydrogens (tertiary/aromatic N) is 2. The molecule has 0 fully saturated rings. The van der Waals surface area contributed by atoms with Gasteiger partial charge in [0, 0.05) is 22.5 Å². The molecule has 0 amide bonds. The Bertz CT molecular complexity index is 1030. The molecule has 0 atom stereocenters. The van der Waals surface area contributed by atoms with Crippen molar-refractivity contribution in [2.75, 3.05) is 0 Å². The summed E-state index contributed by atoms with van der Waals surface area (Å²) >= 11 is 5.96. The monoisotopic (exact) mass is 321 g/mol. The van der Waals surface area contributed by atoms with Crippen LogP contribution in [0, 0.1) is 0 Å². The number of hydrogen-bond acceptors (Lipinski definition) is 2. The summed E-state index contributed by atoms with van der Waals surface area (Å²) < 4.78 is 1.93. The minimum atomic E-state index is -0.158. The average Bonchev–Trinajstić information content (AvgIpc) is 2.97. The van der Waals surface area contributed by atoms with Gasteiger partial charge in [-0.15, -0.1) is 0 Å². The number of halogens is 1. The summed E-state index contributed by atoms with van der Waals surface area (Å²) in [6, 6.07) is 17.3. The second-order valence-electron chi connectivity index (χ2n) is 5.19. The van der Waals surface area contributed by atoms with Crippen molar-refractivity contribution in [1.82, 2.24) is 14.5 Å². The summed E-state index contributed by atoms with van der Waals surface area (Å²) in [7, 11) is 0. The largest absolute Gasteiger partial charge is 0.312 e. The van der Waals surface area contributed by atoms with Crippen LogP contribution in [0.4, 0.5) is 0 Å². The third kappa shape index (κ3) is 2.33. The Labute approximate surface area is 137 Å². The summed E-state index contributed by atoms with van der Waals surface area (Å²) in [4.78, 5) is 19.4. The van der Waals surface area contributed by atoms with Gasteiger partial charge in [-0.3, -0.25) is 4.79 Å². The first-order valence-electron chi connectivity index (χ1n) is 7.14. The van der Waals surface area contributed by atoms with Gasteiger partial charge in [-0.2, -0.15) is 0 Å². The predicted octanol–water partition coefficient (Wildman–Crippen LogP) is 4.03. The predicted molar refractivity (Wildman–Crippen MR) is 92.1 cm³/mol. The third-order valence-electron chi connectivity index (χ3n) is 3.78. The molecule has 1 N–H and O–H groups in total. The molecule has 23 heavy (non-hydrogen) atoms. The van der Waals surface area contributed by atoms with Gasteiger partial charge in [0.25, 0.3) is 5.56 Å². The van der Waals surface area contributed by atoms with Gasteiger partial charge >= 0.3 is 0 Å². The highest BCUT2D eigenvalue weighted by molar-refractivity contribution is 6.30. The van der Waals surface area contributed by atoms with E-state index in [9.17, 15) is 4.79 Å². The SMILES string of the molecule is O=c1[nH]cnc2c1c(-c1ccc(Cl)cc1)cn2-c1ccccc1. The molecule has 0 saturated carbocycles. The molecule has 0 spiro atoms. The van der Waals surface area contributed by atoms with E-state index in [0.29, 0.717) is 16.1 Å². The van der Waals surface area contributed by atoms with E-state index in [0.717, 1.165) is 16.8 Å². The van der Waals surface area contributed by atoms with Gasteiger partial charge in [-0.25, -0.2) is 4.98 Å². The Kier molecular flexibility index (Phi) is 3.24. The van der Waals surface area contributed by atoms with Crippen LogP contribution in [0.5, 0.6) is 0 Å². The molecule has 2 aromatic heterocycles. The second kappa shape index (κ2) is 5.41. The van der Waals surface area contributed by atoms with Crippen molar-refractivity contribution in [3.8, 4) is 16.8 Å². The zero-order chi connectivity index (χ0) is 15.8. The van der Waals surface area contributed by atoms with Crippen LogP contribution in [0.2, 0.25) is 5.02 Å². The van der Waals surface area contributed by atoms with E-state index in [1.54, 1.807) is 0 Å². The van der Waals surface area contributed by atoms with E-state index in [2.05, 4.69) is 9.97 Å². The Morgan fingerprint density at radius 2 is 1.74 bits per heavy atom. The minimum Gasteiger partial charge on any atom is -0.312 e. The smallest absolute Gasteiger partial charge is 0.260 e. The molecular formula is C18H12ClN3O. The fourth-order valence-electron chi connectivity index (χ4n) is 2.70. The van der Waals surface area contributed by atoms with Gasteiger partial charge in [0.05, 0.1) is 11.7 Å². The van der Waals surface area contributed by atoms with Crippen molar-refractivity contribution < 1.29 is 0 Å². The van der Waals surface area contributed by atoms with Crippen molar-refractivity contribution in [1.29, 1.82) is 0 Å². The quantitative estimate of drug-likeness (QED) is 0.606. The van der Waals surface area contributed by atoms with E-state index in [-0.39, 0.29) is 5.56 Å². The van der Waals surface area contributed by atoms with Gasteiger partial charge in [0.2, 0.25) is 0 Å². The van der Waals surface area contributed by atoms with Crippen LogP contribution in [0.3, 0.4) is 0 Å². The van der Waals surface area contributed by atoms with Crippen molar-refractivity contribution >= 4 is 22.6 Å². The molecule has 5 heteroatoms. The molecule has 0 radical (unpaired) electrons. The average molecular weight is 322 g/mol. The lowest BCUT2D eigenvalue weighted by atomic mass is 10.1. The summed E-state index contributed by atoms with van der Waals surface area (Å²) in [5.41, 5.74) is 3.18. The zero-order valence-electron chi connectivity index (χ0n) is 12.0. The number of H-pyrrole nitrogens is 1. The van der Waals surface area contributed by atoms with Crippen LogP contribution in [0.25, 0.3) is 27.8 Å². The number of fused-ring (bicyclic) bond motifs is 1. The Morgan fingerprint density at radius 1 is 1.00 bits per heavy atom. The lowest BCUT2D eigenvalue weighted by Crippen LogP contribution is -2.07. The number of aromatic nitrogens is 3. The molecule has 4 rings (SSSR count). The van der Waals surface area contributed by atoms with Gasteiger partial charge < -0.3 is 9.55 Å². The van der Waals surface area contributed by atoms with Crippen molar-refractivity contribution in [3.63, 3.8) is 0 Å². The highest BCUT2D eigenvalue weighted by atomic mass is 35.5. The molecule has 2 aromatic carbocycles. The molecule has 112 valence electrons. The van der Waals surface area contributed by atoms with Crippen LogP contribution < -0.4 is 5.56 Å². The number of hydrogen-bond donors (Lipinski definition) is 1. The van der Waals surface area contributed by atoms with Crippen LogP contribution in [-0.4, -0.2) is 14.5 Å². The lowest BCUT2D eigenvalue weighted by molar-refractivity contribution is 1.07. The van der Waals surface area contributed by atoms with E-state index < -0.39 is 0 Å². The molecule has 0 aliphatic heterocycles. The Morgan fingerprint density at radius 3 is 2.48 bits per heavy atom.